The smallest absolute Gasteiger partial charge is 0.247 e. The van der Waals surface area contributed by atoms with Gasteiger partial charge in [0.15, 0.2) is 5.41 Å². The molecule has 0 aromatic heterocycles. The normalized spacial score (nSPS) is 31.5. The number of hydrogen-bond donors (Lipinski definition) is 0. The highest BCUT2D eigenvalue weighted by molar-refractivity contribution is 6.21. The molecule has 0 spiro atoms. The maximum absolute atomic E-state index is 12.7. The zero-order valence-corrected chi connectivity index (χ0v) is 8.56. The third kappa shape index (κ3) is 1.98. The average molecular weight is 273 g/mol. The van der Waals surface area contributed by atoms with Crippen LogP contribution in [0.5, 0.6) is 0 Å². The highest BCUT2D eigenvalue weighted by Crippen LogP contribution is 2.60. The quantitative estimate of drug-likeness (QED) is 0.457. The van der Waals surface area contributed by atoms with Crippen LogP contribution >= 0.6 is 11.6 Å². The van der Waals surface area contributed by atoms with E-state index in [9.17, 15) is 30.7 Å². The van der Waals surface area contributed by atoms with Crippen LogP contribution in [0.3, 0.4) is 0 Å². The lowest BCUT2D eigenvalue weighted by Crippen LogP contribution is -2.58. The zero-order chi connectivity index (χ0) is 12.8. The van der Waals surface area contributed by atoms with Crippen molar-refractivity contribution in [3.63, 3.8) is 0 Å². The highest BCUT2D eigenvalue weighted by Gasteiger charge is 2.74. The molecule has 96 valence electrons. The van der Waals surface area contributed by atoms with Crippen LogP contribution in [0.2, 0.25) is 0 Å². The number of alkyl halides is 8. The molecule has 2 unspecified atom stereocenters. The van der Waals surface area contributed by atoms with Gasteiger partial charge in [-0.1, -0.05) is 0 Å². The number of halogens is 8. The first-order chi connectivity index (χ1) is 7.02. The molecule has 1 fully saturated rings. The minimum absolute atomic E-state index is 0.776. The van der Waals surface area contributed by atoms with Crippen LogP contribution in [-0.2, 0) is 0 Å². The first kappa shape index (κ1) is 13.9. The molecule has 1 aliphatic carbocycles. The maximum Gasteiger partial charge on any atom is 0.404 e. The molecule has 16 heavy (non-hydrogen) atoms. The van der Waals surface area contributed by atoms with Crippen LogP contribution in [-0.4, -0.2) is 23.9 Å². The summed E-state index contributed by atoms with van der Waals surface area (Å²) >= 11 is 5.12. The Bertz CT molecular complexity index is 242. The molecule has 0 amide bonds. The van der Waals surface area contributed by atoms with Crippen LogP contribution in [0.25, 0.3) is 0 Å². The van der Waals surface area contributed by atoms with E-state index >= 15 is 0 Å². The van der Waals surface area contributed by atoms with Crippen molar-refractivity contribution in [1.29, 1.82) is 0 Å². The van der Waals surface area contributed by atoms with Gasteiger partial charge >= 0.3 is 12.4 Å². The average Bonchev–Trinajstić information content (AvgIpc) is 1.98. The second kappa shape index (κ2) is 3.92. The lowest BCUT2D eigenvalue weighted by Gasteiger charge is -2.44. The maximum atomic E-state index is 12.7. The van der Waals surface area contributed by atoms with Crippen LogP contribution in [0, 0.1) is 5.41 Å². The zero-order valence-electron chi connectivity index (χ0n) is 7.80. The first-order valence-corrected chi connectivity index (χ1v) is 4.87. The monoisotopic (exact) mass is 272 g/mol. The van der Waals surface area contributed by atoms with E-state index < -0.39 is 48.6 Å². The van der Waals surface area contributed by atoms with Gasteiger partial charge in [0, 0.05) is 0 Å². The van der Waals surface area contributed by atoms with Gasteiger partial charge in [-0.3, -0.25) is 0 Å². The van der Waals surface area contributed by atoms with Gasteiger partial charge in [-0.2, -0.15) is 26.3 Å². The van der Waals surface area contributed by atoms with E-state index in [0.717, 1.165) is 0 Å². The topological polar surface area (TPSA) is 0 Å². The van der Waals surface area contributed by atoms with Crippen molar-refractivity contribution in [1.82, 2.24) is 0 Å². The third-order valence-corrected chi connectivity index (χ3v) is 3.41. The molecule has 0 heterocycles. The molecule has 0 N–H and O–H groups in total. The summed E-state index contributed by atoms with van der Waals surface area (Å²) in [4.78, 5) is 0. The molecule has 1 aliphatic rings. The molecular weight excluding hydrogens is 265 g/mol. The molecule has 1 rings (SSSR count). The van der Waals surface area contributed by atoms with Crippen molar-refractivity contribution in [2.24, 2.45) is 5.41 Å². The van der Waals surface area contributed by atoms with Crippen molar-refractivity contribution in [3.8, 4) is 0 Å². The largest absolute Gasteiger partial charge is 0.404 e. The molecule has 0 radical (unpaired) electrons. The second-order valence-corrected chi connectivity index (χ2v) is 4.33. The molecule has 0 saturated heterocycles. The summed E-state index contributed by atoms with van der Waals surface area (Å²) in [6.07, 6.45) is -15.8. The summed E-state index contributed by atoms with van der Waals surface area (Å²) in [5, 5.41) is -2.31. The third-order valence-electron chi connectivity index (χ3n) is 2.86. The summed E-state index contributed by atoms with van der Waals surface area (Å²) < 4.78 is 88.0. The lowest BCUT2D eigenvalue weighted by atomic mass is 9.71. The molecule has 2 atom stereocenters. The van der Waals surface area contributed by atoms with Gasteiger partial charge in [-0.15, -0.1) is 11.6 Å². The van der Waals surface area contributed by atoms with Crippen molar-refractivity contribution in [3.05, 3.63) is 0 Å². The van der Waals surface area contributed by atoms with E-state index in [-0.39, 0.29) is 0 Å². The predicted octanol–water partition coefficient (Wildman–Crippen LogP) is 4.23. The number of rotatable bonds is 0. The van der Waals surface area contributed by atoms with Gasteiger partial charge in [0.05, 0.1) is 5.38 Å². The summed E-state index contributed by atoms with van der Waals surface area (Å²) in [5.41, 5.74) is -3.98. The van der Waals surface area contributed by atoms with E-state index in [1.54, 1.807) is 0 Å². The standard InChI is InChI=1S/C8H8ClF7/c9-5-3-4(10)1-2-6(5,7(11,12)13)8(14,15)16/h4-5H,1-3H2. The van der Waals surface area contributed by atoms with Crippen molar-refractivity contribution in [2.45, 2.75) is 43.2 Å². The summed E-state index contributed by atoms with van der Waals surface area (Å²) in [6.45, 7) is 0. The molecule has 0 aliphatic heterocycles. The molecule has 0 aromatic carbocycles. The fourth-order valence-electron chi connectivity index (χ4n) is 1.88. The Morgan fingerprint density at radius 3 is 1.75 bits per heavy atom. The predicted molar refractivity (Wildman–Crippen MR) is 42.9 cm³/mol. The Hall–Kier alpha value is -0.200. The van der Waals surface area contributed by atoms with E-state index in [1.165, 1.54) is 0 Å². The summed E-state index contributed by atoms with van der Waals surface area (Å²) in [7, 11) is 0. The molecule has 0 bridgehead atoms. The SMILES string of the molecule is FC1CCC(C(F)(F)F)(C(F)(F)F)C(Cl)C1. The van der Waals surface area contributed by atoms with Crippen molar-refractivity contribution in [2.75, 3.05) is 0 Å². The molecule has 8 heteroatoms. The Morgan fingerprint density at radius 2 is 1.44 bits per heavy atom. The summed E-state index contributed by atoms with van der Waals surface area (Å²) in [5.74, 6) is 0. The van der Waals surface area contributed by atoms with Crippen LogP contribution in [0.15, 0.2) is 0 Å². The van der Waals surface area contributed by atoms with Crippen molar-refractivity contribution >= 4 is 11.6 Å². The molecule has 0 nitrogen and oxygen atoms in total. The Kier molecular flexibility index (Phi) is 3.40. The fourth-order valence-corrected chi connectivity index (χ4v) is 2.43. The minimum Gasteiger partial charge on any atom is -0.247 e. The second-order valence-electron chi connectivity index (χ2n) is 3.81. The van der Waals surface area contributed by atoms with Gasteiger partial charge in [-0.05, 0) is 19.3 Å². The van der Waals surface area contributed by atoms with E-state index in [4.69, 9.17) is 11.6 Å². The lowest BCUT2D eigenvalue weighted by molar-refractivity contribution is -0.349. The Morgan fingerprint density at radius 1 is 1.00 bits per heavy atom. The Balaban J connectivity index is 3.16. The molecule has 1 saturated carbocycles. The highest BCUT2D eigenvalue weighted by atomic mass is 35.5. The van der Waals surface area contributed by atoms with E-state index in [2.05, 4.69) is 0 Å². The van der Waals surface area contributed by atoms with Gasteiger partial charge in [-0.25, -0.2) is 4.39 Å². The van der Waals surface area contributed by atoms with Crippen molar-refractivity contribution < 1.29 is 30.7 Å². The van der Waals surface area contributed by atoms with Crippen LogP contribution in [0.4, 0.5) is 30.7 Å². The van der Waals surface area contributed by atoms with E-state index in [0.29, 0.717) is 0 Å². The minimum atomic E-state index is -5.52. The van der Waals surface area contributed by atoms with Crippen LogP contribution in [0.1, 0.15) is 19.3 Å². The Labute approximate surface area is 91.8 Å². The molecule has 0 aromatic rings. The van der Waals surface area contributed by atoms with Crippen LogP contribution < -0.4 is 0 Å². The first-order valence-electron chi connectivity index (χ1n) is 4.44. The van der Waals surface area contributed by atoms with Gasteiger partial charge in [0.2, 0.25) is 0 Å². The summed E-state index contributed by atoms with van der Waals surface area (Å²) in [6, 6.07) is 0. The molecular formula is C8H8ClF7. The fraction of sp³-hybridized carbons (Fsp3) is 1.00. The number of hydrogen-bond acceptors (Lipinski definition) is 0. The van der Waals surface area contributed by atoms with E-state index in [1.807, 2.05) is 0 Å². The van der Waals surface area contributed by atoms with Gasteiger partial charge < -0.3 is 0 Å². The van der Waals surface area contributed by atoms with Gasteiger partial charge in [0.1, 0.15) is 6.17 Å². The van der Waals surface area contributed by atoms with Gasteiger partial charge in [0.25, 0.3) is 0 Å².